The largest absolute Gasteiger partial charge is 0.319 e. The predicted octanol–water partition coefficient (Wildman–Crippen LogP) is 3.84. The standard InChI is InChI=1S/C13H15Cl2NO/c14-10-5-4-9(8-11(10)15)12(17)13(16)6-2-1-3-7-13/h4-5,8H,1-3,6-7,16H2. The van der Waals surface area contributed by atoms with Gasteiger partial charge in [0.1, 0.15) is 0 Å². The molecule has 0 spiro atoms. The molecule has 92 valence electrons. The Labute approximate surface area is 111 Å². The van der Waals surface area contributed by atoms with E-state index in [1.54, 1.807) is 18.2 Å². The summed E-state index contributed by atoms with van der Waals surface area (Å²) in [6, 6.07) is 4.94. The Bertz CT molecular complexity index is 439. The molecule has 0 radical (unpaired) electrons. The second kappa shape index (κ2) is 4.97. The molecule has 0 aromatic heterocycles. The molecule has 1 aliphatic rings. The van der Waals surface area contributed by atoms with Gasteiger partial charge in [-0.2, -0.15) is 0 Å². The van der Waals surface area contributed by atoms with Gasteiger partial charge in [-0.05, 0) is 31.0 Å². The van der Waals surface area contributed by atoms with Gasteiger partial charge >= 0.3 is 0 Å². The number of hydrogen-bond donors (Lipinski definition) is 1. The van der Waals surface area contributed by atoms with Crippen LogP contribution in [0, 0.1) is 0 Å². The van der Waals surface area contributed by atoms with Crippen molar-refractivity contribution in [2.75, 3.05) is 0 Å². The summed E-state index contributed by atoms with van der Waals surface area (Å²) in [5, 5.41) is 0.856. The van der Waals surface area contributed by atoms with Gasteiger partial charge in [-0.25, -0.2) is 0 Å². The maximum atomic E-state index is 12.4. The fourth-order valence-corrected chi connectivity index (χ4v) is 2.63. The smallest absolute Gasteiger partial charge is 0.182 e. The number of halogens is 2. The van der Waals surface area contributed by atoms with Crippen molar-refractivity contribution in [2.45, 2.75) is 37.6 Å². The van der Waals surface area contributed by atoms with Crippen molar-refractivity contribution < 1.29 is 4.79 Å². The molecule has 0 heterocycles. The van der Waals surface area contributed by atoms with Crippen LogP contribution in [0.25, 0.3) is 0 Å². The van der Waals surface area contributed by atoms with Crippen LogP contribution < -0.4 is 5.73 Å². The average Bonchev–Trinajstić information content (AvgIpc) is 2.33. The molecule has 0 unspecified atom stereocenters. The molecule has 1 aliphatic carbocycles. The molecule has 1 saturated carbocycles. The second-order valence-electron chi connectivity index (χ2n) is 4.67. The summed E-state index contributed by atoms with van der Waals surface area (Å²) >= 11 is 11.7. The van der Waals surface area contributed by atoms with Crippen molar-refractivity contribution in [3.63, 3.8) is 0 Å². The van der Waals surface area contributed by atoms with Gasteiger partial charge in [0.25, 0.3) is 0 Å². The highest BCUT2D eigenvalue weighted by atomic mass is 35.5. The summed E-state index contributed by atoms with van der Waals surface area (Å²) in [6.45, 7) is 0. The van der Waals surface area contributed by atoms with Crippen LogP contribution >= 0.6 is 23.2 Å². The number of carbonyl (C=O) groups is 1. The normalized spacial score (nSPS) is 19.0. The molecule has 0 amide bonds. The maximum absolute atomic E-state index is 12.4. The van der Waals surface area contributed by atoms with Gasteiger partial charge in [0, 0.05) is 5.56 Å². The van der Waals surface area contributed by atoms with Crippen molar-refractivity contribution in [3.8, 4) is 0 Å². The van der Waals surface area contributed by atoms with E-state index >= 15 is 0 Å². The summed E-state index contributed by atoms with van der Waals surface area (Å²) in [5.41, 5.74) is 6.04. The van der Waals surface area contributed by atoms with Gasteiger partial charge in [0.2, 0.25) is 0 Å². The zero-order chi connectivity index (χ0) is 12.5. The van der Waals surface area contributed by atoms with Gasteiger partial charge in [-0.15, -0.1) is 0 Å². The maximum Gasteiger partial charge on any atom is 0.182 e. The van der Waals surface area contributed by atoms with E-state index in [9.17, 15) is 4.79 Å². The summed E-state index contributed by atoms with van der Waals surface area (Å²) in [6.07, 6.45) is 4.71. The number of nitrogens with two attached hydrogens (primary N) is 1. The van der Waals surface area contributed by atoms with E-state index in [1.807, 2.05) is 0 Å². The Balaban J connectivity index is 2.26. The lowest BCUT2D eigenvalue weighted by atomic mass is 9.77. The highest BCUT2D eigenvalue weighted by Gasteiger charge is 2.35. The quantitative estimate of drug-likeness (QED) is 0.831. The lowest BCUT2D eigenvalue weighted by molar-refractivity contribution is 0.0848. The number of carbonyl (C=O) groups excluding carboxylic acids is 1. The van der Waals surface area contributed by atoms with E-state index in [-0.39, 0.29) is 5.78 Å². The third-order valence-corrected chi connectivity index (χ3v) is 4.12. The molecule has 0 atom stereocenters. The molecular weight excluding hydrogens is 257 g/mol. The fourth-order valence-electron chi connectivity index (χ4n) is 2.33. The van der Waals surface area contributed by atoms with Crippen molar-refractivity contribution in [3.05, 3.63) is 33.8 Å². The first-order valence-electron chi connectivity index (χ1n) is 5.82. The molecule has 2 rings (SSSR count). The summed E-state index contributed by atoms with van der Waals surface area (Å²) < 4.78 is 0. The highest BCUT2D eigenvalue weighted by molar-refractivity contribution is 6.42. The van der Waals surface area contributed by atoms with Gasteiger partial charge in [-0.3, -0.25) is 4.79 Å². The third-order valence-electron chi connectivity index (χ3n) is 3.38. The molecule has 2 N–H and O–H groups in total. The predicted molar refractivity (Wildman–Crippen MR) is 70.8 cm³/mol. The molecule has 0 saturated heterocycles. The molecule has 2 nitrogen and oxygen atoms in total. The zero-order valence-electron chi connectivity index (χ0n) is 9.51. The van der Waals surface area contributed by atoms with E-state index in [0.29, 0.717) is 15.6 Å². The highest BCUT2D eigenvalue weighted by Crippen LogP contribution is 2.31. The first kappa shape index (κ1) is 12.9. The van der Waals surface area contributed by atoms with Crippen LogP contribution in [0.2, 0.25) is 10.0 Å². The van der Waals surface area contributed by atoms with E-state index in [0.717, 1.165) is 32.1 Å². The van der Waals surface area contributed by atoms with Crippen LogP contribution in [0.5, 0.6) is 0 Å². The molecular formula is C13H15Cl2NO. The topological polar surface area (TPSA) is 43.1 Å². The molecule has 4 heteroatoms. The fraction of sp³-hybridized carbons (Fsp3) is 0.462. The molecule has 1 aromatic carbocycles. The minimum Gasteiger partial charge on any atom is -0.319 e. The van der Waals surface area contributed by atoms with E-state index < -0.39 is 5.54 Å². The van der Waals surface area contributed by atoms with Crippen molar-refractivity contribution in [2.24, 2.45) is 5.73 Å². The first-order valence-corrected chi connectivity index (χ1v) is 6.57. The Morgan fingerprint density at radius 3 is 2.35 bits per heavy atom. The van der Waals surface area contributed by atoms with Crippen LogP contribution in [0.4, 0.5) is 0 Å². The van der Waals surface area contributed by atoms with Crippen molar-refractivity contribution in [1.29, 1.82) is 0 Å². The Morgan fingerprint density at radius 1 is 1.12 bits per heavy atom. The van der Waals surface area contributed by atoms with Crippen LogP contribution in [0.3, 0.4) is 0 Å². The number of Topliss-reactive ketones (excluding diaryl/α,β-unsaturated/α-hetero) is 1. The van der Waals surface area contributed by atoms with Crippen molar-refractivity contribution >= 4 is 29.0 Å². The number of rotatable bonds is 2. The van der Waals surface area contributed by atoms with Crippen molar-refractivity contribution in [1.82, 2.24) is 0 Å². The van der Waals surface area contributed by atoms with Crippen LogP contribution in [0.1, 0.15) is 42.5 Å². The van der Waals surface area contributed by atoms with Crippen LogP contribution in [-0.4, -0.2) is 11.3 Å². The Morgan fingerprint density at radius 2 is 1.76 bits per heavy atom. The summed E-state index contributed by atoms with van der Waals surface area (Å²) in [7, 11) is 0. The molecule has 1 fully saturated rings. The molecule has 0 bridgehead atoms. The van der Waals surface area contributed by atoms with E-state index in [1.165, 1.54) is 0 Å². The zero-order valence-corrected chi connectivity index (χ0v) is 11.0. The Hall–Kier alpha value is -0.570. The molecule has 17 heavy (non-hydrogen) atoms. The molecule has 0 aliphatic heterocycles. The van der Waals surface area contributed by atoms with E-state index in [2.05, 4.69) is 0 Å². The lowest BCUT2D eigenvalue weighted by Gasteiger charge is -2.31. The summed E-state index contributed by atoms with van der Waals surface area (Å²) in [4.78, 5) is 12.4. The number of hydrogen-bond acceptors (Lipinski definition) is 2. The van der Waals surface area contributed by atoms with Gasteiger partial charge < -0.3 is 5.73 Å². The van der Waals surface area contributed by atoms with Gasteiger partial charge in [-0.1, -0.05) is 42.5 Å². The molecule has 1 aromatic rings. The minimum absolute atomic E-state index is 0.0178. The first-order chi connectivity index (χ1) is 8.03. The van der Waals surface area contributed by atoms with Crippen LogP contribution in [0.15, 0.2) is 18.2 Å². The monoisotopic (exact) mass is 271 g/mol. The second-order valence-corrected chi connectivity index (χ2v) is 5.49. The number of ketones is 1. The SMILES string of the molecule is NC1(C(=O)c2ccc(Cl)c(Cl)c2)CCCCC1. The third kappa shape index (κ3) is 2.65. The number of benzene rings is 1. The van der Waals surface area contributed by atoms with E-state index in [4.69, 9.17) is 28.9 Å². The Kier molecular flexibility index (Phi) is 3.76. The lowest BCUT2D eigenvalue weighted by Crippen LogP contribution is -2.49. The van der Waals surface area contributed by atoms with Gasteiger partial charge in [0.15, 0.2) is 5.78 Å². The minimum atomic E-state index is -0.713. The summed E-state index contributed by atoms with van der Waals surface area (Å²) in [5.74, 6) is -0.0178. The van der Waals surface area contributed by atoms with Crippen LogP contribution in [-0.2, 0) is 0 Å². The van der Waals surface area contributed by atoms with Gasteiger partial charge in [0.05, 0.1) is 15.6 Å². The average molecular weight is 272 g/mol.